The molecule has 4 aromatic rings. The van der Waals surface area contributed by atoms with Crippen LogP contribution in [0.4, 0.5) is 8.78 Å². The van der Waals surface area contributed by atoms with Gasteiger partial charge in [0.05, 0.1) is 13.2 Å². The molecule has 38 heavy (non-hydrogen) atoms. The predicted molar refractivity (Wildman–Crippen MR) is 153 cm³/mol. The van der Waals surface area contributed by atoms with Crippen molar-refractivity contribution in [1.29, 1.82) is 0 Å². The normalized spacial score (nSPS) is 10.9. The number of hydrogen-bond donors (Lipinski definition) is 0. The Morgan fingerprint density at radius 1 is 0.474 bits per heavy atom. The van der Waals surface area contributed by atoms with Crippen molar-refractivity contribution in [2.75, 3.05) is 13.2 Å². The Kier molecular flexibility index (Phi) is 9.91. The molecule has 0 amide bonds. The zero-order valence-corrected chi connectivity index (χ0v) is 22.3. The molecule has 0 bridgehead atoms. The molecular weight excluding hydrogens is 478 g/mol. The van der Waals surface area contributed by atoms with Gasteiger partial charge in [0.25, 0.3) is 0 Å². The first-order valence-corrected chi connectivity index (χ1v) is 13.7. The Labute approximate surface area is 225 Å². The number of benzene rings is 4. The maximum atomic E-state index is 15.2. The molecular formula is C34H36F2O2. The number of unbranched alkanes of at least 4 members (excludes halogenated alkanes) is 5. The molecule has 0 aliphatic carbocycles. The zero-order valence-electron chi connectivity index (χ0n) is 22.3. The van der Waals surface area contributed by atoms with E-state index in [1.807, 2.05) is 67.6 Å². The van der Waals surface area contributed by atoms with E-state index in [2.05, 4.69) is 6.92 Å². The SMILES string of the molecule is CCCCCCCCOc1ccc(-c2ccc(-c3ccc(-c4ccc(OCC)cc4)cc3)c(F)c2F)cc1. The van der Waals surface area contributed by atoms with Gasteiger partial charge in [-0.05, 0) is 59.9 Å². The lowest BCUT2D eigenvalue weighted by Gasteiger charge is -2.11. The van der Waals surface area contributed by atoms with Crippen molar-refractivity contribution in [3.63, 3.8) is 0 Å². The average molecular weight is 515 g/mol. The van der Waals surface area contributed by atoms with Gasteiger partial charge < -0.3 is 9.47 Å². The van der Waals surface area contributed by atoms with Gasteiger partial charge in [-0.2, -0.15) is 0 Å². The van der Waals surface area contributed by atoms with Crippen LogP contribution >= 0.6 is 0 Å². The van der Waals surface area contributed by atoms with Crippen LogP contribution in [0.5, 0.6) is 11.5 Å². The van der Waals surface area contributed by atoms with Gasteiger partial charge in [-0.25, -0.2) is 8.78 Å². The standard InChI is InChI=1S/C34H36F2O2/c1-3-5-6-7-8-9-24-38-30-20-16-28(17-21-30)32-23-22-31(33(35)34(32)36)27-12-10-25(11-13-27)26-14-18-29(19-15-26)37-4-2/h10-23H,3-9,24H2,1-2H3. The Hall–Kier alpha value is -3.66. The molecule has 0 heterocycles. The molecule has 0 atom stereocenters. The third-order valence-corrected chi connectivity index (χ3v) is 6.71. The van der Waals surface area contributed by atoms with Crippen LogP contribution in [-0.2, 0) is 0 Å². The second kappa shape index (κ2) is 13.8. The maximum absolute atomic E-state index is 15.2. The van der Waals surface area contributed by atoms with Gasteiger partial charge in [0.1, 0.15) is 11.5 Å². The maximum Gasteiger partial charge on any atom is 0.167 e. The molecule has 4 aromatic carbocycles. The fourth-order valence-corrected chi connectivity index (χ4v) is 4.55. The molecule has 0 N–H and O–H groups in total. The Morgan fingerprint density at radius 3 is 1.42 bits per heavy atom. The monoisotopic (exact) mass is 514 g/mol. The van der Waals surface area contributed by atoms with Gasteiger partial charge in [-0.3, -0.25) is 0 Å². The molecule has 4 rings (SSSR count). The number of halogens is 2. The molecule has 0 aromatic heterocycles. The van der Waals surface area contributed by atoms with E-state index in [0.717, 1.165) is 29.0 Å². The van der Waals surface area contributed by atoms with E-state index in [1.165, 1.54) is 32.1 Å². The molecule has 0 fully saturated rings. The first kappa shape index (κ1) is 27.4. The largest absolute Gasteiger partial charge is 0.494 e. The van der Waals surface area contributed by atoms with Crippen LogP contribution in [0.15, 0.2) is 84.9 Å². The van der Waals surface area contributed by atoms with Crippen molar-refractivity contribution in [2.24, 2.45) is 0 Å². The highest BCUT2D eigenvalue weighted by Crippen LogP contribution is 2.33. The minimum Gasteiger partial charge on any atom is -0.494 e. The Bertz CT molecular complexity index is 1280. The van der Waals surface area contributed by atoms with E-state index in [0.29, 0.717) is 24.3 Å². The van der Waals surface area contributed by atoms with Crippen LogP contribution in [0.2, 0.25) is 0 Å². The second-order valence-electron chi connectivity index (χ2n) is 9.46. The van der Waals surface area contributed by atoms with Crippen molar-refractivity contribution in [3.8, 4) is 44.9 Å². The molecule has 0 radical (unpaired) electrons. The van der Waals surface area contributed by atoms with Crippen molar-refractivity contribution < 1.29 is 18.3 Å². The molecule has 0 unspecified atom stereocenters. The summed E-state index contributed by atoms with van der Waals surface area (Å²) in [6.45, 7) is 5.45. The van der Waals surface area contributed by atoms with Crippen molar-refractivity contribution in [2.45, 2.75) is 52.4 Å². The molecule has 0 aliphatic rings. The zero-order chi connectivity index (χ0) is 26.7. The third kappa shape index (κ3) is 7.00. The quantitative estimate of drug-likeness (QED) is 0.165. The van der Waals surface area contributed by atoms with Crippen molar-refractivity contribution in [3.05, 3.63) is 96.6 Å². The van der Waals surface area contributed by atoms with E-state index in [-0.39, 0.29) is 11.1 Å². The first-order chi connectivity index (χ1) is 18.6. The van der Waals surface area contributed by atoms with Gasteiger partial charge in [-0.1, -0.05) is 99.7 Å². The minimum atomic E-state index is -0.848. The van der Waals surface area contributed by atoms with Gasteiger partial charge in [0.2, 0.25) is 0 Å². The Morgan fingerprint density at radius 2 is 0.895 bits per heavy atom. The third-order valence-electron chi connectivity index (χ3n) is 6.71. The summed E-state index contributed by atoms with van der Waals surface area (Å²) in [5.74, 6) is -0.133. The fraction of sp³-hybridized carbons (Fsp3) is 0.294. The van der Waals surface area contributed by atoms with E-state index in [1.54, 1.807) is 24.3 Å². The second-order valence-corrected chi connectivity index (χ2v) is 9.46. The van der Waals surface area contributed by atoms with Crippen molar-refractivity contribution >= 4 is 0 Å². The number of ether oxygens (including phenoxy) is 2. The van der Waals surface area contributed by atoms with E-state index < -0.39 is 11.6 Å². The average Bonchev–Trinajstić information content (AvgIpc) is 2.95. The Balaban J connectivity index is 1.40. The predicted octanol–water partition coefficient (Wildman–Crippen LogP) is 10.1. The van der Waals surface area contributed by atoms with Gasteiger partial charge in [-0.15, -0.1) is 0 Å². The summed E-state index contributed by atoms with van der Waals surface area (Å²) >= 11 is 0. The van der Waals surface area contributed by atoms with Crippen LogP contribution in [0, 0.1) is 11.6 Å². The molecule has 0 spiro atoms. The van der Waals surface area contributed by atoms with Crippen LogP contribution in [0.1, 0.15) is 52.4 Å². The lowest BCUT2D eigenvalue weighted by atomic mass is 9.97. The van der Waals surface area contributed by atoms with E-state index in [4.69, 9.17) is 9.47 Å². The summed E-state index contributed by atoms with van der Waals surface area (Å²) in [6.07, 6.45) is 7.24. The van der Waals surface area contributed by atoms with Crippen LogP contribution in [-0.4, -0.2) is 13.2 Å². The summed E-state index contributed by atoms with van der Waals surface area (Å²) in [4.78, 5) is 0. The summed E-state index contributed by atoms with van der Waals surface area (Å²) in [7, 11) is 0. The van der Waals surface area contributed by atoms with Crippen LogP contribution < -0.4 is 9.47 Å². The molecule has 0 aliphatic heterocycles. The number of rotatable bonds is 13. The lowest BCUT2D eigenvalue weighted by Crippen LogP contribution is -1.97. The molecule has 0 saturated heterocycles. The van der Waals surface area contributed by atoms with Crippen LogP contribution in [0.3, 0.4) is 0 Å². The summed E-state index contributed by atoms with van der Waals surface area (Å²) < 4.78 is 41.6. The van der Waals surface area contributed by atoms with Crippen molar-refractivity contribution in [1.82, 2.24) is 0 Å². The van der Waals surface area contributed by atoms with Crippen LogP contribution in [0.25, 0.3) is 33.4 Å². The summed E-state index contributed by atoms with van der Waals surface area (Å²) in [6, 6.07) is 25.8. The van der Waals surface area contributed by atoms with Gasteiger partial charge in [0.15, 0.2) is 11.6 Å². The molecule has 198 valence electrons. The van der Waals surface area contributed by atoms with E-state index in [9.17, 15) is 0 Å². The summed E-state index contributed by atoms with van der Waals surface area (Å²) in [5.41, 5.74) is 3.74. The smallest absolute Gasteiger partial charge is 0.167 e. The van der Waals surface area contributed by atoms with E-state index >= 15 is 8.78 Å². The summed E-state index contributed by atoms with van der Waals surface area (Å²) in [5, 5.41) is 0. The fourth-order valence-electron chi connectivity index (χ4n) is 4.55. The minimum absolute atomic E-state index is 0.236. The first-order valence-electron chi connectivity index (χ1n) is 13.7. The topological polar surface area (TPSA) is 18.5 Å². The highest BCUT2D eigenvalue weighted by molar-refractivity contribution is 5.74. The molecule has 4 heteroatoms. The lowest BCUT2D eigenvalue weighted by molar-refractivity contribution is 0.304. The molecule has 2 nitrogen and oxygen atoms in total. The molecule has 0 saturated carbocycles. The number of hydrogen-bond acceptors (Lipinski definition) is 2. The highest BCUT2D eigenvalue weighted by Gasteiger charge is 2.16. The van der Waals surface area contributed by atoms with Gasteiger partial charge in [0, 0.05) is 11.1 Å². The van der Waals surface area contributed by atoms with Gasteiger partial charge >= 0.3 is 0 Å². The highest BCUT2D eigenvalue weighted by atomic mass is 19.2.